The number of aromatic amines is 1. The minimum absolute atomic E-state index is 0.0926. The summed E-state index contributed by atoms with van der Waals surface area (Å²) in [5.41, 5.74) is 2.64. The van der Waals surface area contributed by atoms with Crippen LogP contribution >= 0.6 is 0 Å². The molecule has 1 amide bonds. The second-order valence-corrected chi connectivity index (χ2v) is 7.14. The first-order valence-electron chi connectivity index (χ1n) is 9.73. The van der Waals surface area contributed by atoms with E-state index in [1.807, 2.05) is 42.5 Å². The fourth-order valence-corrected chi connectivity index (χ4v) is 3.43. The lowest BCUT2D eigenvalue weighted by Gasteiger charge is -2.25. The van der Waals surface area contributed by atoms with E-state index in [1.165, 1.54) is 5.56 Å². The highest BCUT2D eigenvalue weighted by atomic mass is 16.5. The van der Waals surface area contributed by atoms with E-state index >= 15 is 0 Å². The smallest absolute Gasteiger partial charge is 0.251 e. The third-order valence-corrected chi connectivity index (χ3v) is 4.91. The normalized spacial score (nSPS) is 15.5. The SMILES string of the molecule is CCCc1nc(-c2cccc(C(=O)NC[C@H]3COc4ccccc4C3)c2)n[nH]1. The molecule has 1 aliphatic rings. The molecule has 1 atom stereocenters. The highest BCUT2D eigenvalue weighted by Crippen LogP contribution is 2.26. The second kappa shape index (κ2) is 8.25. The maximum absolute atomic E-state index is 12.6. The van der Waals surface area contributed by atoms with Crippen molar-refractivity contribution in [2.45, 2.75) is 26.2 Å². The van der Waals surface area contributed by atoms with Gasteiger partial charge >= 0.3 is 0 Å². The maximum Gasteiger partial charge on any atom is 0.251 e. The number of hydrogen-bond acceptors (Lipinski definition) is 4. The number of ether oxygens (including phenoxy) is 1. The maximum atomic E-state index is 12.6. The third-order valence-electron chi connectivity index (χ3n) is 4.91. The lowest BCUT2D eigenvalue weighted by molar-refractivity contribution is 0.0939. The van der Waals surface area contributed by atoms with Gasteiger partial charge in [-0.25, -0.2) is 4.98 Å². The van der Waals surface area contributed by atoms with Gasteiger partial charge in [-0.1, -0.05) is 37.3 Å². The Morgan fingerprint density at radius 3 is 3.04 bits per heavy atom. The van der Waals surface area contributed by atoms with E-state index in [0.717, 1.165) is 36.4 Å². The van der Waals surface area contributed by atoms with Crippen molar-refractivity contribution in [1.29, 1.82) is 0 Å². The van der Waals surface area contributed by atoms with Crippen molar-refractivity contribution in [1.82, 2.24) is 20.5 Å². The number of benzene rings is 2. The number of para-hydroxylation sites is 1. The Balaban J connectivity index is 1.38. The van der Waals surface area contributed by atoms with E-state index in [-0.39, 0.29) is 11.8 Å². The molecule has 6 nitrogen and oxygen atoms in total. The van der Waals surface area contributed by atoms with Crippen LogP contribution in [0.4, 0.5) is 0 Å². The number of carbonyl (C=O) groups excluding carboxylic acids is 1. The summed E-state index contributed by atoms with van der Waals surface area (Å²) in [6.45, 7) is 3.30. The van der Waals surface area contributed by atoms with Crippen LogP contribution in [0.3, 0.4) is 0 Å². The monoisotopic (exact) mass is 376 g/mol. The van der Waals surface area contributed by atoms with Gasteiger partial charge in [0, 0.05) is 30.0 Å². The largest absolute Gasteiger partial charge is 0.493 e. The minimum atomic E-state index is -0.0926. The highest BCUT2D eigenvalue weighted by Gasteiger charge is 2.20. The van der Waals surface area contributed by atoms with Crippen molar-refractivity contribution >= 4 is 5.91 Å². The minimum Gasteiger partial charge on any atom is -0.493 e. The number of H-pyrrole nitrogens is 1. The van der Waals surface area contributed by atoms with E-state index in [4.69, 9.17) is 4.74 Å². The van der Waals surface area contributed by atoms with E-state index in [2.05, 4.69) is 33.5 Å². The predicted octanol–water partition coefficient (Wildman–Crippen LogP) is 3.41. The molecule has 1 aromatic heterocycles. The Morgan fingerprint density at radius 2 is 2.14 bits per heavy atom. The van der Waals surface area contributed by atoms with Crippen molar-refractivity contribution in [2.24, 2.45) is 5.92 Å². The Kier molecular flexibility index (Phi) is 5.37. The van der Waals surface area contributed by atoms with E-state index in [9.17, 15) is 4.79 Å². The van der Waals surface area contributed by atoms with Crippen LogP contribution in [0.2, 0.25) is 0 Å². The Morgan fingerprint density at radius 1 is 1.25 bits per heavy atom. The molecule has 6 heteroatoms. The Bertz CT molecular complexity index is 966. The van der Waals surface area contributed by atoms with Gasteiger partial charge in [0.1, 0.15) is 11.6 Å². The molecule has 0 spiro atoms. The molecule has 2 heterocycles. The fraction of sp³-hybridized carbons (Fsp3) is 0.318. The van der Waals surface area contributed by atoms with Crippen LogP contribution in [0.15, 0.2) is 48.5 Å². The standard InChI is InChI=1S/C22H24N4O2/c1-2-6-20-24-21(26-25-20)17-8-5-9-18(12-17)22(27)23-13-15-11-16-7-3-4-10-19(16)28-14-15/h3-5,7-10,12,15H,2,6,11,13-14H2,1H3,(H,23,27)(H,24,25,26)/t15-/m0/s1. The molecule has 28 heavy (non-hydrogen) atoms. The molecule has 0 saturated carbocycles. The van der Waals surface area contributed by atoms with Crippen molar-refractivity contribution in [3.8, 4) is 17.1 Å². The van der Waals surface area contributed by atoms with Gasteiger partial charge in [-0.15, -0.1) is 0 Å². The number of rotatable bonds is 6. The summed E-state index contributed by atoms with van der Waals surface area (Å²) in [5, 5.41) is 10.3. The first-order chi connectivity index (χ1) is 13.7. The van der Waals surface area contributed by atoms with Crippen LogP contribution in [0.25, 0.3) is 11.4 Å². The number of nitrogens with one attached hydrogen (secondary N) is 2. The van der Waals surface area contributed by atoms with Crippen LogP contribution in [-0.2, 0) is 12.8 Å². The molecular weight excluding hydrogens is 352 g/mol. The molecule has 0 saturated heterocycles. The number of nitrogens with zero attached hydrogens (tertiary/aromatic N) is 2. The summed E-state index contributed by atoms with van der Waals surface area (Å²) in [7, 11) is 0. The molecule has 2 aromatic carbocycles. The number of aromatic nitrogens is 3. The molecule has 0 unspecified atom stereocenters. The molecule has 3 aromatic rings. The zero-order chi connectivity index (χ0) is 19.3. The van der Waals surface area contributed by atoms with Crippen LogP contribution in [0.5, 0.6) is 5.75 Å². The first-order valence-corrected chi connectivity index (χ1v) is 9.73. The van der Waals surface area contributed by atoms with E-state index in [0.29, 0.717) is 24.5 Å². The van der Waals surface area contributed by atoms with Crippen molar-refractivity contribution in [2.75, 3.05) is 13.2 Å². The number of aryl methyl sites for hydroxylation is 1. The molecule has 2 N–H and O–H groups in total. The van der Waals surface area contributed by atoms with Gasteiger partial charge in [0.15, 0.2) is 5.82 Å². The summed E-state index contributed by atoms with van der Waals surface area (Å²) >= 11 is 0. The Labute approximate surface area is 164 Å². The number of fused-ring (bicyclic) bond motifs is 1. The first kappa shape index (κ1) is 18.2. The van der Waals surface area contributed by atoms with Gasteiger partial charge < -0.3 is 10.1 Å². The Hall–Kier alpha value is -3.15. The van der Waals surface area contributed by atoms with Gasteiger partial charge in [-0.2, -0.15) is 5.10 Å². The zero-order valence-electron chi connectivity index (χ0n) is 15.9. The summed E-state index contributed by atoms with van der Waals surface area (Å²) in [6, 6.07) is 15.5. The average Bonchev–Trinajstić information content (AvgIpc) is 3.21. The van der Waals surface area contributed by atoms with Gasteiger partial charge in [0.25, 0.3) is 5.91 Å². The number of hydrogen-bond donors (Lipinski definition) is 2. The molecule has 0 radical (unpaired) electrons. The van der Waals surface area contributed by atoms with E-state index in [1.54, 1.807) is 0 Å². The third kappa shape index (κ3) is 4.06. The summed E-state index contributed by atoms with van der Waals surface area (Å²) < 4.78 is 5.80. The lowest BCUT2D eigenvalue weighted by atomic mass is 9.96. The van der Waals surface area contributed by atoms with E-state index < -0.39 is 0 Å². The lowest BCUT2D eigenvalue weighted by Crippen LogP contribution is -2.34. The summed E-state index contributed by atoms with van der Waals surface area (Å²) in [6.07, 6.45) is 2.78. The topological polar surface area (TPSA) is 79.9 Å². The summed E-state index contributed by atoms with van der Waals surface area (Å²) in [5.74, 6) is 2.61. The predicted molar refractivity (Wildman–Crippen MR) is 107 cm³/mol. The van der Waals surface area contributed by atoms with Gasteiger partial charge in [-0.3, -0.25) is 9.89 Å². The molecule has 0 aliphatic carbocycles. The van der Waals surface area contributed by atoms with Gasteiger partial charge in [0.05, 0.1) is 6.61 Å². The molecule has 144 valence electrons. The molecule has 0 bridgehead atoms. The second-order valence-electron chi connectivity index (χ2n) is 7.14. The van der Waals surface area contributed by atoms with Crippen molar-refractivity contribution in [3.05, 3.63) is 65.5 Å². The van der Waals surface area contributed by atoms with Crippen molar-refractivity contribution < 1.29 is 9.53 Å². The number of carbonyl (C=O) groups is 1. The molecule has 0 fully saturated rings. The van der Waals surface area contributed by atoms with Crippen LogP contribution in [0, 0.1) is 5.92 Å². The summed E-state index contributed by atoms with van der Waals surface area (Å²) in [4.78, 5) is 17.1. The fourth-order valence-electron chi connectivity index (χ4n) is 3.43. The number of amides is 1. The highest BCUT2D eigenvalue weighted by molar-refractivity contribution is 5.95. The van der Waals surface area contributed by atoms with Crippen LogP contribution in [0.1, 0.15) is 35.1 Å². The van der Waals surface area contributed by atoms with Crippen molar-refractivity contribution in [3.63, 3.8) is 0 Å². The average molecular weight is 376 g/mol. The molecular formula is C22H24N4O2. The van der Waals surface area contributed by atoms with Crippen LogP contribution < -0.4 is 10.1 Å². The quantitative estimate of drug-likeness (QED) is 0.691. The molecule has 1 aliphatic heterocycles. The molecule has 4 rings (SSSR count). The zero-order valence-corrected chi connectivity index (χ0v) is 15.9. The van der Waals surface area contributed by atoms with Gasteiger partial charge in [0.2, 0.25) is 0 Å². The van der Waals surface area contributed by atoms with Gasteiger partial charge in [-0.05, 0) is 36.6 Å². The van der Waals surface area contributed by atoms with Crippen LogP contribution in [-0.4, -0.2) is 34.2 Å².